The van der Waals surface area contributed by atoms with Crippen LogP contribution in [-0.2, 0) is 18.1 Å². The first-order valence-corrected chi connectivity index (χ1v) is 9.75. The standard InChI is InChI=1S/C21H16F3N3O4/c22-21(23,24)19-25-18(26-31-19)9-27-10-20(12-3-1-2-4-14(12)27)11-30-15-8-17-16(7-13(15)20)28-5-6-29-17/h1-4,7-8H,5-6,9-11H2. The highest BCUT2D eigenvalue weighted by atomic mass is 19.4. The van der Waals surface area contributed by atoms with Gasteiger partial charge in [-0.2, -0.15) is 18.2 Å². The molecule has 1 unspecified atom stereocenters. The van der Waals surface area contributed by atoms with Gasteiger partial charge in [-0.05, 0) is 17.7 Å². The zero-order valence-corrected chi connectivity index (χ0v) is 16.1. The predicted molar refractivity (Wildman–Crippen MR) is 100 cm³/mol. The lowest BCUT2D eigenvalue weighted by Crippen LogP contribution is -2.36. The number of fused-ring (bicyclic) bond motifs is 5. The van der Waals surface area contributed by atoms with E-state index < -0.39 is 17.5 Å². The summed E-state index contributed by atoms with van der Waals surface area (Å²) in [6, 6.07) is 11.6. The third-order valence-electron chi connectivity index (χ3n) is 5.90. The van der Waals surface area contributed by atoms with Gasteiger partial charge in [0.1, 0.15) is 25.6 Å². The Bertz CT molecular complexity index is 1180. The number of para-hydroxylation sites is 1. The maximum Gasteiger partial charge on any atom is 0.471 e. The number of nitrogens with zero attached hydrogens (tertiary/aromatic N) is 3. The van der Waals surface area contributed by atoms with Crippen molar-refractivity contribution in [2.75, 3.05) is 31.3 Å². The smallest absolute Gasteiger partial charge is 0.471 e. The van der Waals surface area contributed by atoms with E-state index in [1.807, 2.05) is 41.3 Å². The molecule has 3 aromatic rings. The quantitative estimate of drug-likeness (QED) is 0.615. The molecule has 0 bridgehead atoms. The minimum absolute atomic E-state index is 0.0273. The molecule has 6 rings (SSSR count). The minimum atomic E-state index is -4.67. The molecule has 0 aliphatic carbocycles. The first kappa shape index (κ1) is 18.3. The Morgan fingerprint density at radius 3 is 2.52 bits per heavy atom. The first-order chi connectivity index (χ1) is 14.9. The van der Waals surface area contributed by atoms with E-state index in [1.165, 1.54) is 0 Å². The monoisotopic (exact) mass is 431 g/mol. The molecule has 1 aromatic heterocycles. The van der Waals surface area contributed by atoms with Crippen molar-refractivity contribution in [1.82, 2.24) is 10.1 Å². The number of rotatable bonds is 2. The van der Waals surface area contributed by atoms with Crippen molar-refractivity contribution in [2.24, 2.45) is 0 Å². The molecule has 10 heteroatoms. The number of hydrogen-bond acceptors (Lipinski definition) is 7. The zero-order chi connectivity index (χ0) is 21.2. The van der Waals surface area contributed by atoms with Crippen LogP contribution in [0.1, 0.15) is 22.8 Å². The third-order valence-corrected chi connectivity index (χ3v) is 5.90. The van der Waals surface area contributed by atoms with Crippen LogP contribution in [0.5, 0.6) is 17.2 Å². The van der Waals surface area contributed by atoms with Crippen molar-refractivity contribution in [3.63, 3.8) is 0 Å². The van der Waals surface area contributed by atoms with E-state index in [0.29, 0.717) is 37.9 Å². The van der Waals surface area contributed by atoms with Gasteiger partial charge < -0.3 is 23.6 Å². The van der Waals surface area contributed by atoms with Crippen molar-refractivity contribution in [1.29, 1.82) is 0 Å². The Morgan fingerprint density at radius 2 is 1.74 bits per heavy atom. The number of anilines is 1. The third kappa shape index (κ3) is 2.74. The highest BCUT2D eigenvalue weighted by Crippen LogP contribution is 2.54. The summed E-state index contributed by atoms with van der Waals surface area (Å²) in [6.07, 6.45) is -4.67. The topological polar surface area (TPSA) is 69.9 Å². The highest BCUT2D eigenvalue weighted by Gasteiger charge is 2.50. The van der Waals surface area contributed by atoms with Gasteiger partial charge in [0.25, 0.3) is 0 Å². The number of hydrogen-bond donors (Lipinski definition) is 0. The van der Waals surface area contributed by atoms with Crippen LogP contribution in [0.25, 0.3) is 0 Å². The van der Waals surface area contributed by atoms with E-state index in [9.17, 15) is 13.2 Å². The van der Waals surface area contributed by atoms with E-state index in [2.05, 4.69) is 14.7 Å². The molecule has 0 saturated carbocycles. The molecule has 0 amide bonds. The summed E-state index contributed by atoms with van der Waals surface area (Å²) >= 11 is 0. The minimum Gasteiger partial charge on any atom is -0.492 e. The van der Waals surface area contributed by atoms with Crippen molar-refractivity contribution in [3.8, 4) is 17.2 Å². The number of halogens is 3. The van der Waals surface area contributed by atoms with Crippen LogP contribution in [0, 0.1) is 0 Å². The summed E-state index contributed by atoms with van der Waals surface area (Å²) in [4.78, 5) is 5.48. The average Bonchev–Trinajstić information content (AvgIpc) is 3.45. The molecule has 1 atom stereocenters. The summed E-state index contributed by atoms with van der Waals surface area (Å²) in [5, 5.41) is 3.52. The second-order valence-corrected chi connectivity index (χ2v) is 7.75. The Labute approximate surface area is 174 Å². The van der Waals surface area contributed by atoms with Crippen LogP contribution in [0.4, 0.5) is 18.9 Å². The van der Waals surface area contributed by atoms with E-state index in [1.54, 1.807) is 0 Å². The molecule has 0 saturated heterocycles. The SMILES string of the molecule is FC(F)(F)c1nc(CN2CC3(COc4cc5c(cc43)OCCO5)c3ccccc32)no1. The van der Waals surface area contributed by atoms with E-state index in [0.717, 1.165) is 22.6 Å². The summed E-state index contributed by atoms with van der Waals surface area (Å²) in [5.41, 5.74) is 2.41. The van der Waals surface area contributed by atoms with Crippen molar-refractivity contribution >= 4 is 5.69 Å². The normalized spacial score (nSPS) is 21.2. The largest absolute Gasteiger partial charge is 0.492 e. The highest BCUT2D eigenvalue weighted by molar-refractivity contribution is 5.70. The molecule has 160 valence electrons. The Hall–Kier alpha value is -3.43. The Morgan fingerprint density at radius 1 is 0.968 bits per heavy atom. The average molecular weight is 431 g/mol. The van der Waals surface area contributed by atoms with Gasteiger partial charge in [0, 0.05) is 23.9 Å². The Kier molecular flexibility index (Phi) is 3.72. The van der Waals surface area contributed by atoms with Gasteiger partial charge in [0.15, 0.2) is 17.3 Å². The number of alkyl halides is 3. The summed E-state index contributed by atoms with van der Waals surface area (Å²) in [6.45, 7) is 1.94. The lowest BCUT2D eigenvalue weighted by Gasteiger charge is -2.26. The van der Waals surface area contributed by atoms with Gasteiger partial charge >= 0.3 is 12.1 Å². The van der Waals surface area contributed by atoms with Crippen molar-refractivity contribution in [3.05, 3.63) is 59.2 Å². The maximum absolute atomic E-state index is 12.8. The molecule has 0 N–H and O–H groups in total. The maximum atomic E-state index is 12.8. The fraction of sp³-hybridized carbons (Fsp3) is 0.333. The first-order valence-electron chi connectivity index (χ1n) is 9.75. The molecular weight excluding hydrogens is 415 g/mol. The van der Waals surface area contributed by atoms with Crippen LogP contribution in [-0.4, -0.2) is 36.5 Å². The summed E-state index contributed by atoms with van der Waals surface area (Å²) in [5.74, 6) is 0.666. The molecule has 4 heterocycles. The number of benzene rings is 2. The summed E-state index contributed by atoms with van der Waals surface area (Å²) < 4.78 is 60.4. The molecule has 0 radical (unpaired) electrons. The number of ether oxygens (including phenoxy) is 3. The molecule has 1 spiro atoms. The van der Waals surface area contributed by atoms with Crippen LogP contribution in [0.15, 0.2) is 40.9 Å². The molecule has 0 fully saturated rings. The lowest BCUT2D eigenvalue weighted by atomic mass is 9.77. The van der Waals surface area contributed by atoms with Gasteiger partial charge in [-0.25, -0.2) is 0 Å². The molecular formula is C21H16F3N3O4. The molecule has 3 aliphatic rings. The molecule has 7 nitrogen and oxygen atoms in total. The van der Waals surface area contributed by atoms with Crippen LogP contribution < -0.4 is 19.1 Å². The van der Waals surface area contributed by atoms with Gasteiger partial charge in [-0.1, -0.05) is 23.4 Å². The molecule has 31 heavy (non-hydrogen) atoms. The van der Waals surface area contributed by atoms with Crippen LogP contribution in [0.3, 0.4) is 0 Å². The molecule has 3 aliphatic heterocycles. The van der Waals surface area contributed by atoms with Gasteiger partial charge in [0.05, 0.1) is 12.0 Å². The summed E-state index contributed by atoms with van der Waals surface area (Å²) in [7, 11) is 0. The van der Waals surface area contributed by atoms with E-state index in [-0.39, 0.29) is 12.4 Å². The van der Waals surface area contributed by atoms with Crippen LogP contribution >= 0.6 is 0 Å². The molecule has 2 aromatic carbocycles. The van der Waals surface area contributed by atoms with E-state index >= 15 is 0 Å². The lowest BCUT2D eigenvalue weighted by molar-refractivity contribution is -0.159. The van der Waals surface area contributed by atoms with Crippen molar-refractivity contribution < 1.29 is 31.9 Å². The fourth-order valence-corrected chi connectivity index (χ4v) is 4.59. The zero-order valence-electron chi connectivity index (χ0n) is 16.1. The van der Waals surface area contributed by atoms with Gasteiger partial charge in [-0.3, -0.25) is 0 Å². The fourth-order valence-electron chi connectivity index (χ4n) is 4.59. The number of aromatic nitrogens is 2. The van der Waals surface area contributed by atoms with E-state index in [4.69, 9.17) is 14.2 Å². The Balaban J connectivity index is 1.39. The second kappa shape index (κ2) is 6.29. The second-order valence-electron chi connectivity index (χ2n) is 7.75. The van der Waals surface area contributed by atoms with Gasteiger partial charge in [-0.15, -0.1) is 0 Å². The van der Waals surface area contributed by atoms with Gasteiger partial charge in [0.2, 0.25) is 0 Å². The predicted octanol–water partition coefficient (Wildman–Crippen LogP) is 3.56. The van der Waals surface area contributed by atoms with Crippen LogP contribution in [0.2, 0.25) is 0 Å². The van der Waals surface area contributed by atoms with Crippen molar-refractivity contribution in [2.45, 2.75) is 18.1 Å².